The molecule has 3 aromatic carbocycles. The van der Waals surface area contributed by atoms with Crippen LogP contribution in [0.15, 0.2) is 65.6 Å². The lowest BCUT2D eigenvalue weighted by Gasteiger charge is -2.19. The zero-order valence-electron chi connectivity index (χ0n) is 19.4. The molecular formula is C25H26N2O7S. The fourth-order valence-corrected chi connectivity index (χ4v) is 4.57. The van der Waals surface area contributed by atoms with Crippen molar-refractivity contribution in [3.63, 3.8) is 0 Å². The van der Waals surface area contributed by atoms with Crippen LogP contribution in [0.5, 0.6) is 23.0 Å². The third-order valence-corrected chi connectivity index (χ3v) is 6.56. The van der Waals surface area contributed by atoms with Gasteiger partial charge in [-0.1, -0.05) is 12.1 Å². The first-order chi connectivity index (χ1) is 16.9. The van der Waals surface area contributed by atoms with Crippen LogP contribution in [0, 0.1) is 0 Å². The number of anilines is 1. The molecule has 0 bridgehead atoms. The van der Waals surface area contributed by atoms with Crippen LogP contribution < -0.4 is 29.0 Å². The van der Waals surface area contributed by atoms with E-state index in [9.17, 15) is 13.2 Å². The maximum absolute atomic E-state index is 12.9. The van der Waals surface area contributed by atoms with E-state index in [0.717, 1.165) is 5.56 Å². The van der Waals surface area contributed by atoms with Crippen LogP contribution in [0.25, 0.3) is 0 Å². The first-order valence-corrected chi connectivity index (χ1v) is 12.5. The number of hydrogen-bond donors (Lipinski definition) is 2. The minimum Gasteiger partial charge on any atom is -0.493 e. The van der Waals surface area contributed by atoms with Gasteiger partial charge in [0.2, 0.25) is 0 Å². The highest BCUT2D eigenvalue weighted by Gasteiger charge is 2.20. The number of benzene rings is 3. The van der Waals surface area contributed by atoms with E-state index in [-0.39, 0.29) is 23.0 Å². The van der Waals surface area contributed by atoms with Crippen molar-refractivity contribution in [3.8, 4) is 23.0 Å². The summed E-state index contributed by atoms with van der Waals surface area (Å²) in [7, 11) is -2.35. The molecule has 0 radical (unpaired) electrons. The summed E-state index contributed by atoms with van der Waals surface area (Å²) < 4.78 is 50.0. The average molecular weight is 499 g/mol. The molecule has 0 unspecified atom stereocenters. The molecule has 0 aliphatic carbocycles. The minimum atomic E-state index is -3.90. The van der Waals surface area contributed by atoms with Crippen LogP contribution in [0.3, 0.4) is 0 Å². The van der Waals surface area contributed by atoms with E-state index in [1.165, 1.54) is 18.2 Å². The molecule has 0 atom stereocenters. The van der Waals surface area contributed by atoms with Crippen LogP contribution in [-0.4, -0.2) is 41.3 Å². The molecule has 184 valence electrons. The first-order valence-electron chi connectivity index (χ1n) is 11.0. The monoisotopic (exact) mass is 498 g/mol. The Balaban J connectivity index is 1.43. The molecule has 0 aromatic heterocycles. The van der Waals surface area contributed by atoms with Gasteiger partial charge < -0.3 is 24.3 Å². The van der Waals surface area contributed by atoms with E-state index in [1.54, 1.807) is 43.5 Å². The third-order valence-electron chi connectivity index (χ3n) is 5.18. The van der Waals surface area contributed by atoms with Crippen molar-refractivity contribution in [2.24, 2.45) is 0 Å². The van der Waals surface area contributed by atoms with Crippen molar-refractivity contribution in [3.05, 3.63) is 71.8 Å². The Morgan fingerprint density at radius 2 is 1.77 bits per heavy atom. The number of carbonyl (C=O) groups is 1. The molecule has 35 heavy (non-hydrogen) atoms. The number of sulfonamides is 1. The second-order valence-corrected chi connectivity index (χ2v) is 9.28. The largest absolute Gasteiger partial charge is 0.493 e. The number of amides is 1. The van der Waals surface area contributed by atoms with Crippen molar-refractivity contribution >= 4 is 21.6 Å². The SMILES string of the molecule is CCOc1ccc(CNC(=O)c2cccc(NS(=O)(=O)c3ccc4c(c3)OCCO4)c2)cc1OC. The number of ether oxygens (including phenoxy) is 4. The van der Waals surface area contributed by atoms with Crippen LogP contribution in [0.2, 0.25) is 0 Å². The number of carbonyl (C=O) groups excluding carboxylic acids is 1. The van der Waals surface area contributed by atoms with E-state index >= 15 is 0 Å². The molecule has 1 amide bonds. The summed E-state index contributed by atoms with van der Waals surface area (Å²) in [6, 6.07) is 16.1. The molecule has 3 aromatic rings. The maximum atomic E-state index is 12.9. The molecule has 1 aliphatic heterocycles. The zero-order valence-corrected chi connectivity index (χ0v) is 20.2. The van der Waals surface area contributed by atoms with Crippen molar-refractivity contribution in [1.29, 1.82) is 0 Å². The van der Waals surface area contributed by atoms with Gasteiger partial charge >= 0.3 is 0 Å². The standard InChI is InChI=1S/C25H26N2O7S/c1-3-32-21-9-7-17(13-23(21)31-2)16-26-25(28)18-5-4-6-19(14-18)27-35(29,30)20-8-10-22-24(15-20)34-12-11-33-22/h4-10,13-15,27H,3,11-12,16H2,1-2H3,(H,26,28). The fraction of sp³-hybridized carbons (Fsp3) is 0.240. The molecule has 0 spiro atoms. The molecule has 0 saturated carbocycles. The van der Waals surface area contributed by atoms with E-state index in [2.05, 4.69) is 10.0 Å². The lowest BCUT2D eigenvalue weighted by molar-refractivity contribution is 0.0951. The van der Waals surface area contributed by atoms with Crippen LogP contribution >= 0.6 is 0 Å². The molecule has 2 N–H and O–H groups in total. The van der Waals surface area contributed by atoms with Gasteiger partial charge in [0.15, 0.2) is 23.0 Å². The van der Waals surface area contributed by atoms with Crippen molar-refractivity contribution in [2.45, 2.75) is 18.4 Å². The number of fused-ring (bicyclic) bond motifs is 1. The number of methoxy groups -OCH3 is 1. The van der Waals surface area contributed by atoms with Crippen LogP contribution in [-0.2, 0) is 16.6 Å². The Labute approximate surface area is 204 Å². The van der Waals surface area contributed by atoms with Gasteiger partial charge in [-0.15, -0.1) is 0 Å². The van der Waals surface area contributed by atoms with E-state index in [4.69, 9.17) is 18.9 Å². The summed E-state index contributed by atoms with van der Waals surface area (Å²) in [5.74, 6) is 1.73. The molecule has 0 saturated heterocycles. The number of nitrogens with one attached hydrogen (secondary N) is 2. The highest BCUT2D eigenvalue weighted by atomic mass is 32.2. The van der Waals surface area contributed by atoms with Crippen LogP contribution in [0.4, 0.5) is 5.69 Å². The smallest absolute Gasteiger partial charge is 0.262 e. The fourth-order valence-electron chi connectivity index (χ4n) is 3.51. The highest BCUT2D eigenvalue weighted by Crippen LogP contribution is 2.33. The third kappa shape index (κ3) is 5.78. The summed E-state index contributed by atoms with van der Waals surface area (Å²) in [6.45, 7) is 3.43. The molecule has 9 nitrogen and oxygen atoms in total. The summed E-state index contributed by atoms with van der Waals surface area (Å²) in [5.41, 5.74) is 1.40. The summed E-state index contributed by atoms with van der Waals surface area (Å²) in [5, 5.41) is 2.83. The average Bonchev–Trinajstić information content (AvgIpc) is 2.87. The number of rotatable bonds is 9. The van der Waals surface area contributed by atoms with Gasteiger partial charge in [0, 0.05) is 23.9 Å². The van der Waals surface area contributed by atoms with Crippen LogP contribution in [0.1, 0.15) is 22.8 Å². The Hall–Kier alpha value is -3.92. The Morgan fingerprint density at radius 3 is 2.54 bits per heavy atom. The lowest BCUT2D eigenvalue weighted by Crippen LogP contribution is -2.23. The lowest BCUT2D eigenvalue weighted by atomic mass is 10.1. The first kappa shape index (κ1) is 24.2. The molecule has 1 heterocycles. The van der Waals surface area contributed by atoms with Gasteiger partial charge in [-0.25, -0.2) is 8.42 Å². The normalized spacial score (nSPS) is 12.5. The molecule has 10 heteroatoms. The predicted octanol–water partition coefficient (Wildman–Crippen LogP) is 3.60. The predicted molar refractivity (Wildman–Crippen MR) is 130 cm³/mol. The Bertz CT molecular complexity index is 1330. The summed E-state index contributed by atoms with van der Waals surface area (Å²) in [4.78, 5) is 12.7. The molecular weight excluding hydrogens is 472 g/mol. The van der Waals surface area contributed by atoms with E-state index in [1.807, 2.05) is 13.0 Å². The van der Waals surface area contributed by atoms with E-state index in [0.29, 0.717) is 48.4 Å². The van der Waals surface area contributed by atoms with Gasteiger partial charge in [-0.3, -0.25) is 9.52 Å². The van der Waals surface area contributed by atoms with Gasteiger partial charge in [0.25, 0.3) is 15.9 Å². The Kier molecular flexibility index (Phi) is 7.31. The van der Waals surface area contributed by atoms with Gasteiger partial charge in [-0.2, -0.15) is 0 Å². The van der Waals surface area contributed by atoms with Gasteiger partial charge in [-0.05, 0) is 55.0 Å². The second kappa shape index (κ2) is 10.6. The second-order valence-electron chi connectivity index (χ2n) is 7.59. The molecule has 4 rings (SSSR count). The summed E-state index contributed by atoms with van der Waals surface area (Å²) >= 11 is 0. The van der Waals surface area contributed by atoms with E-state index < -0.39 is 10.0 Å². The number of hydrogen-bond acceptors (Lipinski definition) is 7. The minimum absolute atomic E-state index is 0.0288. The highest BCUT2D eigenvalue weighted by molar-refractivity contribution is 7.92. The van der Waals surface area contributed by atoms with Crippen molar-refractivity contribution in [1.82, 2.24) is 5.32 Å². The molecule has 1 aliphatic rings. The van der Waals surface area contributed by atoms with Gasteiger partial charge in [0.05, 0.1) is 18.6 Å². The van der Waals surface area contributed by atoms with Crippen molar-refractivity contribution in [2.75, 3.05) is 31.7 Å². The quantitative estimate of drug-likeness (QED) is 0.464. The summed E-state index contributed by atoms with van der Waals surface area (Å²) in [6.07, 6.45) is 0. The Morgan fingerprint density at radius 1 is 0.971 bits per heavy atom. The van der Waals surface area contributed by atoms with Crippen molar-refractivity contribution < 1.29 is 32.2 Å². The zero-order chi connectivity index (χ0) is 24.8. The molecule has 0 fully saturated rings. The maximum Gasteiger partial charge on any atom is 0.262 e. The topological polar surface area (TPSA) is 112 Å². The van der Waals surface area contributed by atoms with Gasteiger partial charge in [0.1, 0.15) is 13.2 Å².